The molecule has 0 aromatic carbocycles. The van der Waals surface area contributed by atoms with Crippen molar-refractivity contribution in [3.05, 3.63) is 12.2 Å². The van der Waals surface area contributed by atoms with Gasteiger partial charge in [-0.25, -0.2) is 4.79 Å². The number of carbonyl (C=O) groups excluding carboxylic acids is 1. The van der Waals surface area contributed by atoms with Gasteiger partial charge in [-0.3, -0.25) is 0 Å². The molecule has 0 bridgehead atoms. The summed E-state index contributed by atoms with van der Waals surface area (Å²) in [5.74, 6) is 4.75. The standard InChI is InChI=1S/C29H49NO2S/c1-6-20(9-7-8-19(2)30-5)24-12-13-25-23-11-10-21-18-22(32-27(31)33)14-16-28(21,3)26(23)15-17-29(24,25)4/h10-11,19-26,30H,6-9,12-18H2,1-5H3,(H,31,33). The first-order valence-corrected chi connectivity index (χ1v) is 14.4. The lowest BCUT2D eigenvalue weighted by atomic mass is 9.46. The summed E-state index contributed by atoms with van der Waals surface area (Å²) in [6, 6.07) is 0.636. The van der Waals surface area contributed by atoms with Crippen LogP contribution in [0.2, 0.25) is 0 Å². The highest BCUT2D eigenvalue weighted by Gasteiger charge is 2.59. The molecule has 4 aliphatic rings. The van der Waals surface area contributed by atoms with Crippen LogP contribution in [0.15, 0.2) is 12.2 Å². The van der Waals surface area contributed by atoms with Crippen LogP contribution in [0.1, 0.15) is 98.3 Å². The van der Waals surface area contributed by atoms with E-state index in [0.29, 0.717) is 22.8 Å². The van der Waals surface area contributed by atoms with Gasteiger partial charge < -0.3 is 10.1 Å². The second kappa shape index (κ2) is 10.2. The maximum Gasteiger partial charge on any atom is 0.364 e. The van der Waals surface area contributed by atoms with Crippen molar-refractivity contribution < 1.29 is 9.53 Å². The Morgan fingerprint density at radius 3 is 2.52 bits per heavy atom. The van der Waals surface area contributed by atoms with Crippen LogP contribution in [0.3, 0.4) is 0 Å². The van der Waals surface area contributed by atoms with E-state index in [1.54, 1.807) is 0 Å². The zero-order chi connectivity index (χ0) is 23.8. The van der Waals surface area contributed by atoms with Crippen LogP contribution in [-0.4, -0.2) is 24.5 Å². The van der Waals surface area contributed by atoms with Crippen molar-refractivity contribution in [1.82, 2.24) is 5.32 Å². The molecule has 0 aromatic rings. The molecule has 0 aliphatic heterocycles. The lowest BCUT2D eigenvalue weighted by molar-refractivity contribution is -0.0819. The van der Waals surface area contributed by atoms with Gasteiger partial charge in [0.15, 0.2) is 0 Å². The van der Waals surface area contributed by atoms with Gasteiger partial charge in [0.2, 0.25) is 0 Å². The third kappa shape index (κ3) is 4.82. The number of ether oxygens (including phenoxy) is 1. The summed E-state index contributed by atoms with van der Waals surface area (Å²) in [6.45, 7) is 9.99. The SMILES string of the molecule is CCC(CCCC(C)NC)C1CCC2C3C=CC4CC(OC(=O)S)CCC4(C)C3CCC12C. The Morgan fingerprint density at radius 2 is 1.82 bits per heavy atom. The molecular formula is C29H49NO2S. The molecule has 0 saturated heterocycles. The highest BCUT2D eigenvalue weighted by atomic mass is 32.1. The predicted octanol–water partition coefficient (Wildman–Crippen LogP) is 7.66. The summed E-state index contributed by atoms with van der Waals surface area (Å²) in [5, 5.41) is 2.99. The fourth-order valence-corrected chi connectivity index (χ4v) is 9.32. The number of hydrogen-bond acceptors (Lipinski definition) is 3. The normalized spacial score (nSPS) is 43.8. The van der Waals surface area contributed by atoms with E-state index < -0.39 is 5.30 Å². The van der Waals surface area contributed by atoms with E-state index >= 15 is 0 Å². The molecule has 10 atom stereocenters. The summed E-state index contributed by atoms with van der Waals surface area (Å²) in [4.78, 5) is 11.4. The first-order chi connectivity index (χ1) is 15.7. The first-order valence-electron chi connectivity index (χ1n) is 14.0. The summed E-state index contributed by atoms with van der Waals surface area (Å²) in [5.41, 5.74) is 0.883. The lowest BCUT2D eigenvalue weighted by Gasteiger charge is -2.59. The number of fused-ring (bicyclic) bond motifs is 5. The second-order valence-corrected chi connectivity index (χ2v) is 13.0. The molecule has 33 heavy (non-hydrogen) atoms. The van der Waals surface area contributed by atoms with Crippen molar-refractivity contribution in [2.75, 3.05) is 7.05 Å². The largest absolute Gasteiger partial charge is 0.454 e. The van der Waals surface area contributed by atoms with Crippen molar-refractivity contribution in [3.63, 3.8) is 0 Å². The molecule has 0 aromatic heterocycles. The zero-order valence-corrected chi connectivity index (χ0v) is 22.7. The van der Waals surface area contributed by atoms with E-state index in [9.17, 15) is 4.79 Å². The molecule has 3 fully saturated rings. The number of hydrogen-bond donors (Lipinski definition) is 2. The Balaban J connectivity index is 1.46. The Morgan fingerprint density at radius 1 is 1.09 bits per heavy atom. The van der Waals surface area contributed by atoms with Crippen LogP contribution >= 0.6 is 12.6 Å². The van der Waals surface area contributed by atoms with E-state index in [-0.39, 0.29) is 6.10 Å². The van der Waals surface area contributed by atoms with Gasteiger partial charge in [-0.05, 0) is 112 Å². The third-order valence-electron chi connectivity index (χ3n) is 11.3. The maximum atomic E-state index is 11.4. The number of thiol groups is 1. The number of nitrogens with one attached hydrogen (secondary N) is 1. The fraction of sp³-hybridized carbons (Fsp3) is 0.897. The average molecular weight is 476 g/mol. The molecule has 4 rings (SSSR count). The van der Waals surface area contributed by atoms with E-state index in [0.717, 1.165) is 42.4 Å². The third-order valence-corrected chi connectivity index (χ3v) is 11.4. The molecule has 0 radical (unpaired) electrons. The molecule has 10 unspecified atom stereocenters. The smallest absolute Gasteiger partial charge is 0.364 e. The summed E-state index contributed by atoms with van der Waals surface area (Å²) >= 11 is 3.86. The monoisotopic (exact) mass is 475 g/mol. The van der Waals surface area contributed by atoms with Gasteiger partial charge in [0, 0.05) is 6.04 Å². The fourth-order valence-electron chi connectivity index (χ4n) is 9.17. The lowest BCUT2D eigenvalue weighted by Crippen LogP contribution is -2.52. The molecule has 3 saturated carbocycles. The average Bonchev–Trinajstić information content (AvgIpc) is 3.13. The highest BCUT2D eigenvalue weighted by Crippen LogP contribution is 2.67. The van der Waals surface area contributed by atoms with Gasteiger partial charge in [-0.2, -0.15) is 0 Å². The van der Waals surface area contributed by atoms with Gasteiger partial charge in [0.25, 0.3) is 0 Å². The minimum atomic E-state index is -0.419. The second-order valence-electron chi connectivity index (χ2n) is 12.6. The minimum Gasteiger partial charge on any atom is -0.454 e. The molecule has 4 heteroatoms. The Hall–Kier alpha value is -0.480. The Bertz CT molecular complexity index is 724. The number of carbonyl (C=O) groups is 1. The molecule has 188 valence electrons. The molecular weight excluding hydrogens is 426 g/mol. The topological polar surface area (TPSA) is 38.3 Å². The van der Waals surface area contributed by atoms with Crippen LogP contribution in [0.25, 0.3) is 0 Å². The quantitative estimate of drug-likeness (QED) is 0.215. The summed E-state index contributed by atoms with van der Waals surface area (Å²) in [7, 11) is 2.09. The molecule has 0 amide bonds. The van der Waals surface area contributed by atoms with Gasteiger partial charge in [0.1, 0.15) is 6.10 Å². The molecule has 3 nitrogen and oxygen atoms in total. The molecule has 4 aliphatic carbocycles. The maximum absolute atomic E-state index is 11.4. The van der Waals surface area contributed by atoms with Crippen LogP contribution in [0.5, 0.6) is 0 Å². The van der Waals surface area contributed by atoms with E-state index in [4.69, 9.17) is 4.74 Å². The Labute approximate surface area is 208 Å². The molecule has 0 spiro atoms. The van der Waals surface area contributed by atoms with Crippen molar-refractivity contribution in [2.24, 2.45) is 46.3 Å². The predicted molar refractivity (Wildman–Crippen MR) is 141 cm³/mol. The van der Waals surface area contributed by atoms with Crippen molar-refractivity contribution in [1.29, 1.82) is 0 Å². The van der Waals surface area contributed by atoms with E-state index in [2.05, 4.69) is 64.8 Å². The summed E-state index contributed by atoms with van der Waals surface area (Å²) in [6.07, 6.45) is 19.5. The van der Waals surface area contributed by atoms with E-state index in [1.165, 1.54) is 57.8 Å². The van der Waals surface area contributed by atoms with Crippen molar-refractivity contribution >= 4 is 17.9 Å². The van der Waals surface area contributed by atoms with Crippen molar-refractivity contribution in [2.45, 2.75) is 110 Å². The van der Waals surface area contributed by atoms with Crippen LogP contribution < -0.4 is 5.32 Å². The minimum absolute atomic E-state index is 0.0509. The van der Waals surface area contributed by atoms with Gasteiger partial charge >= 0.3 is 5.30 Å². The zero-order valence-electron chi connectivity index (χ0n) is 21.8. The number of rotatable bonds is 8. The van der Waals surface area contributed by atoms with Gasteiger partial charge in [-0.15, -0.1) is 0 Å². The van der Waals surface area contributed by atoms with Gasteiger partial charge in [0.05, 0.1) is 0 Å². The van der Waals surface area contributed by atoms with Gasteiger partial charge in [-0.1, -0.05) is 64.8 Å². The summed E-state index contributed by atoms with van der Waals surface area (Å²) < 4.78 is 5.50. The highest BCUT2D eigenvalue weighted by molar-refractivity contribution is 7.96. The van der Waals surface area contributed by atoms with Crippen LogP contribution in [0.4, 0.5) is 4.79 Å². The van der Waals surface area contributed by atoms with Crippen LogP contribution in [0, 0.1) is 46.3 Å². The van der Waals surface area contributed by atoms with Crippen LogP contribution in [-0.2, 0) is 4.74 Å². The Kier molecular flexibility index (Phi) is 7.95. The molecule has 0 heterocycles. The molecule has 1 N–H and O–H groups in total. The van der Waals surface area contributed by atoms with Crippen molar-refractivity contribution in [3.8, 4) is 0 Å². The van der Waals surface area contributed by atoms with E-state index in [1.807, 2.05) is 0 Å². The first kappa shape index (κ1) is 25.6. The number of allylic oxidation sites excluding steroid dienone is 2.